The molecule has 0 aliphatic carbocycles. The van der Waals surface area contributed by atoms with Gasteiger partial charge in [0.2, 0.25) is 23.3 Å². The first kappa shape index (κ1) is 49.2. The molecule has 0 saturated carbocycles. The fourth-order valence-electron chi connectivity index (χ4n) is 3.85. The first-order valence-corrected chi connectivity index (χ1v) is 15.1. The van der Waals surface area contributed by atoms with Gasteiger partial charge in [-0.2, -0.15) is 52.7 Å². The lowest BCUT2D eigenvalue weighted by Crippen LogP contribution is -2.59. The van der Waals surface area contributed by atoms with Gasteiger partial charge in [0, 0.05) is 0 Å². The zero-order valence-electron chi connectivity index (χ0n) is 28.2. The quantitative estimate of drug-likeness (QED) is 0.0403. The molecule has 0 radical (unpaired) electrons. The number of alkyl halides is 10. The van der Waals surface area contributed by atoms with E-state index in [-0.39, 0.29) is 0 Å². The van der Waals surface area contributed by atoms with Crippen molar-refractivity contribution in [2.24, 2.45) is 0 Å². The molecule has 2 aromatic carbocycles. The summed E-state index contributed by atoms with van der Waals surface area (Å²) in [6.45, 7) is -5.71. The van der Waals surface area contributed by atoms with E-state index in [1.165, 1.54) is 0 Å². The van der Waals surface area contributed by atoms with Crippen molar-refractivity contribution in [3.05, 3.63) is 70.8 Å². The van der Waals surface area contributed by atoms with E-state index in [1.807, 2.05) is 0 Å². The molecular weight excluding hydrogens is 842 g/mol. The van der Waals surface area contributed by atoms with E-state index in [9.17, 15) is 79.0 Å². The van der Waals surface area contributed by atoms with Gasteiger partial charge in [-0.25, -0.2) is 27.0 Å². The molecule has 0 unspecified atom stereocenters. The molecule has 0 heterocycles. The van der Waals surface area contributed by atoms with Gasteiger partial charge in [-0.05, 0) is 0 Å². The van der Waals surface area contributed by atoms with E-state index in [0.717, 1.165) is 0 Å². The molecule has 0 aromatic heterocycles. The largest absolute Gasteiger partial charge is 0.495 e. The normalized spacial score (nSPS) is 12.9. The van der Waals surface area contributed by atoms with Crippen LogP contribution in [0.1, 0.15) is 11.1 Å². The molecule has 0 N–H and O–H groups in total. The molecule has 0 saturated heterocycles. The lowest BCUT2D eigenvalue weighted by Gasteiger charge is -2.34. The molecule has 324 valence electrons. The van der Waals surface area contributed by atoms with Crippen LogP contribution in [-0.2, 0) is 28.4 Å². The van der Waals surface area contributed by atoms with Gasteiger partial charge in [0.1, 0.15) is 26.4 Å². The zero-order chi connectivity index (χ0) is 43.6. The lowest BCUT2D eigenvalue weighted by molar-refractivity contribution is -0.544. The van der Waals surface area contributed by atoms with E-state index in [4.69, 9.17) is 4.74 Å². The Balaban J connectivity index is 1.76. The molecule has 26 heteroatoms. The average Bonchev–Trinajstić information content (AvgIpc) is 3.10. The minimum absolute atomic E-state index is 0.469. The maximum absolute atomic E-state index is 14.0. The van der Waals surface area contributed by atoms with Gasteiger partial charge in [-0.1, -0.05) is 25.3 Å². The smallest absolute Gasteiger partial charge is 0.485 e. The second-order valence-electron chi connectivity index (χ2n) is 10.5. The van der Waals surface area contributed by atoms with Crippen molar-refractivity contribution >= 4 is 12.2 Å². The predicted octanol–water partition coefficient (Wildman–Crippen LogP) is 8.65. The third-order valence-corrected chi connectivity index (χ3v) is 6.51. The third-order valence-electron chi connectivity index (χ3n) is 6.51. The number of benzene rings is 2. The number of hydrogen-bond donors (Lipinski definition) is 0. The molecular formula is C31H26F18O8. The summed E-state index contributed by atoms with van der Waals surface area (Å²) in [7, 11) is 0. The van der Waals surface area contributed by atoms with Crippen molar-refractivity contribution in [2.45, 2.75) is 30.4 Å². The summed E-state index contributed by atoms with van der Waals surface area (Å²) in [6.07, 6.45) is -17.7. The highest BCUT2D eigenvalue weighted by Gasteiger charge is 2.75. The Hall–Kier alpha value is -3.98. The van der Waals surface area contributed by atoms with Crippen LogP contribution in [0.25, 0.3) is 12.2 Å². The summed E-state index contributed by atoms with van der Waals surface area (Å²) < 4.78 is 280. The monoisotopic (exact) mass is 868 g/mol. The van der Waals surface area contributed by atoms with Gasteiger partial charge < -0.3 is 28.4 Å². The molecule has 57 heavy (non-hydrogen) atoms. The van der Waals surface area contributed by atoms with Gasteiger partial charge >= 0.3 is 30.4 Å². The van der Waals surface area contributed by atoms with E-state index in [0.29, 0.717) is 12.2 Å². The van der Waals surface area contributed by atoms with Crippen molar-refractivity contribution in [1.29, 1.82) is 0 Å². The van der Waals surface area contributed by atoms with Crippen molar-refractivity contribution in [3.8, 4) is 11.5 Å². The average molecular weight is 869 g/mol. The first-order valence-electron chi connectivity index (χ1n) is 15.1. The number of halogens is 18. The van der Waals surface area contributed by atoms with Gasteiger partial charge in [-0.15, -0.1) is 8.78 Å². The highest BCUT2D eigenvalue weighted by Crippen LogP contribution is 2.49. The minimum Gasteiger partial charge on any atom is -0.485 e. The van der Waals surface area contributed by atoms with E-state index >= 15 is 0 Å². The van der Waals surface area contributed by atoms with Crippen molar-refractivity contribution in [3.63, 3.8) is 0 Å². The van der Waals surface area contributed by atoms with Gasteiger partial charge in [-0.3, -0.25) is 0 Å². The predicted molar refractivity (Wildman–Crippen MR) is 154 cm³/mol. The molecule has 0 amide bonds. The van der Waals surface area contributed by atoms with Crippen LogP contribution in [0, 0.1) is 46.5 Å². The molecule has 0 aliphatic rings. The highest BCUT2D eigenvalue weighted by molar-refractivity contribution is 5.52. The fourth-order valence-corrected chi connectivity index (χ4v) is 3.85. The second kappa shape index (κ2) is 20.1. The van der Waals surface area contributed by atoms with Crippen LogP contribution in [0.2, 0.25) is 0 Å². The number of rotatable bonds is 26. The van der Waals surface area contributed by atoms with Crippen molar-refractivity contribution in [1.82, 2.24) is 0 Å². The lowest BCUT2D eigenvalue weighted by atomic mass is 10.1. The Bertz CT molecular complexity index is 1630. The third kappa shape index (κ3) is 12.5. The Morgan fingerprint density at radius 3 is 1.12 bits per heavy atom. The van der Waals surface area contributed by atoms with Crippen LogP contribution >= 0.6 is 0 Å². The molecule has 0 fully saturated rings. The molecule has 8 nitrogen and oxygen atoms in total. The van der Waals surface area contributed by atoms with Gasteiger partial charge in [0.05, 0.1) is 50.8 Å². The van der Waals surface area contributed by atoms with Crippen LogP contribution in [0.5, 0.6) is 11.5 Å². The minimum atomic E-state index is -6.94. The van der Waals surface area contributed by atoms with E-state index in [1.54, 1.807) is 0 Å². The molecule has 2 rings (SSSR count). The summed E-state index contributed by atoms with van der Waals surface area (Å²) in [6, 6.07) is 0. The summed E-state index contributed by atoms with van der Waals surface area (Å²) in [5, 5.41) is 0. The molecule has 2 aromatic rings. The fraction of sp³-hybridized carbons (Fsp3) is 0.484. The maximum Gasteiger partial charge on any atom is 0.495 e. The van der Waals surface area contributed by atoms with Crippen LogP contribution in [0.4, 0.5) is 79.0 Å². The number of hydrogen-bond acceptors (Lipinski definition) is 8. The molecule has 0 bridgehead atoms. The molecule has 0 atom stereocenters. The standard InChI is InChI=1S/C31H26F18O8/c1-3-15-17(32)21(36)25(22(37)18(15)33)54-11-9-50-5-7-52-13-27(40,41)29(44,45)30(46,47)57-31(48,49)56-28(42,43)14-53-8-6-51-10-12-55-26-23(38)19(34)16(4-2)20(35)24(26)39/h3-4H,1-2,5-14H2. The van der Waals surface area contributed by atoms with Crippen LogP contribution in [0.15, 0.2) is 13.2 Å². The summed E-state index contributed by atoms with van der Waals surface area (Å²) in [4.78, 5) is 0. The van der Waals surface area contributed by atoms with Crippen LogP contribution < -0.4 is 9.47 Å². The van der Waals surface area contributed by atoms with E-state index < -0.39 is 166 Å². The first-order chi connectivity index (χ1) is 26.3. The Morgan fingerprint density at radius 2 is 0.754 bits per heavy atom. The van der Waals surface area contributed by atoms with Gasteiger partial charge in [0.25, 0.3) is 0 Å². The van der Waals surface area contributed by atoms with Gasteiger partial charge in [0.15, 0.2) is 34.8 Å². The number of ether oxygens (including phenoxy) is 8. The second-order valence-corrected chi connectivity index (χ2v) is 10.5. The van der Waals surface area contributed by atoms with Crippen LogP contribution in [0.3, 0.4) is 0 Å². The van der Waals surface area contributed by atoms with E-state index in [2.05, 4.69) is 46.3 Å². The Labute approximate surface area is 308 Å². The highest BCUT2D eigenvalue weighted by atomic mass is 19.4. The zero-order valence-corrected chi connectivity index (χ0v) is 28.2. The molecule has 0 aliphatic heterocycles. The van der Waals surface area contributed by atoms with Crippen molar-refractivity contribution < 1.29 is 117 Å². The Morgan fingerprint density at radius 1 is 0.421 bits per heavy atom. The maximum atomic E-state index is 14.0. The van der Waals surface area contributed by atoms with Crippen LogP contribution in [-0.4, -0.2) is 96.4 Å². The van der Waals surface area contributed by atoms with Crippen molar-refractivity contribution in [2.75, 3.05) is 66.1 Å². The Kier molecular flexibility index (Phi) is 17.4. The molecule has 0 spiro atoms. The topological polar surface area (TPSA) is 73.8 Å². The SMILES string of the molecule is C=Cc1c(F)c(F)c(OCCOCCOCC(F)(F)OC(F)(F)OC(F)(F)C(F)(F)C(F)(F)COCCOCCOc2c(F)c(F)c(C=C)c(F)c2F)c(F)c1F. The summed E-state index contributed by atoms with van der Waals surface area (Å²) in [5.74, 6) is -31.2. The summed E-state index contributed by atoms with van der Waals surface area (Å²) >= 11 is 0. The summed E-state index contributed by atoms with van der Waals surface area (Å²) in [5.41, 5.74) is -2.28.